The van der Waals surface area contributed by atoms with Crippen molar-refractivity contribution in [3.63, 3.8) is 0 Å². The van der Waals surface area contributed by atoms with E-state index in [0.717, 1.165) is 11.3 Å². The van der Waals surface area contributed by atoms with E-state index in [2.05, 4.69) is 25.6 Å². The van der Waals surface area contributed by atoms with Gasteiger partial charge in [-0.1, -0.05) is 12.1 Å². The van der Waals surface area contributed by atoms with E-state index in [0.29, 0.717) is 23.4 Å². The predicted molar refractivity (Wildman–Crippen MR) is 128 cm³/mol. The molecular formula is C23H31N7O5. The largest absolute Gasteiger partial charge is 0.497 e. The lowest BCUT2D eigenvalue weighted by atomic mass is 10.0. The second-order valence-corrected chi connectivity index (χ2v) is 8.58. The highest BCUT2D eigenvalue weighted by atomic mass is 16.5. The Hall–Kier alpha value is -3.32. The summed E-state index contributed by atoms with van der Waals surface area (Å²) in [6, 6.07) is 6.06. The molecule has 0 aliphatic carbocycles. The average molecular weight is 486 g/mol. The summed E-state index contributed by atoms with van der Waals surface area (Å²) < 4.78 is 12.7. The number of aliphatic hydroxyl groups excluding tert-OH is 2. The molecule has 0 saturated carbocycles. The molecule has 1 aromatic carbocycles. The van der Waals surface area contributed by atoms with Crippen molar-refractivity contribution in [2.24, 2.45) is 0 Å². The molecule has 4 rings (SSSR count). The fourth-order valence-corrected chi connectivity index (χ4v) is 4.25. The summed E-state index contributed by atoms with van der Waals surface area (Å²) in [4.78, 5) is 27.9. The highest BCUT2D eigenvalue weighted by Gasteiger charge is 2.46. The van der Waals surface area contributed by atoms with Gasteiger partial charge in [-0.25, -0.2) is 15.0 Å². The van der Waals surface area contributed by atoms with E-state index in [4.69, 9.17) is 9.47 Å². The summed E-state index contributed by atoms with van der Waals surface area (Å²) >= 11 is 0. The zero-order valence-corrected chi connectivity index (χ0v) is 20.1. The predicted octanol–water partition coefficient (Wildman–Crippen LogP) is -0.533. The maximum Gasteiger partial charge on any atom is 0.237 e. The standard InChI is InChI=1S/C23H31N7O5/c1-24-15(9-13-5-7-14(34-4)8-6-13)22(33)28-17-16(10-31)35-23(19(17)32)30-12-27-18-20(29(2)3)25-11-26-21(18)30/h5-8,11-12,15-17,19,23-24,31-32H,9-10H2,1-4H3,(H,28,33). The van der Waals surface area contributed by atoms with Crippen molar-refractivity contribution in [1.29, 1.82) is 0 Å². The van der Waals surface area contributed by atoms with Crippen LogP contribution in [0.1, 0.15) is 11.8 Å². The zero-order valence-electron chi connectivity index (χ0n) is 20.1. The summed E-state index contributed by atoms with van der Waals surface area (Å²) in [6.07, 6.45) is 0.492. The number of fused-ring (bicyclic) bond motifs is 1. The van der Waals surface area contributed by atoms with Gasteiger partial charge in [-0.3, -0.25) is 9.36 Å². The topological polar surface area (TPSA) is 147 Å². The second-order valence-electron chi connectivity index (χ2n) is 8.58. The Labute approximate surface area is 202 Å². The van der Waals surface area contributed by atoms with Crippen LogP contribution in [0.4, 0.5) is 5.82 Å². The Bertz CT molecular complexity index is 1150. The first-order valence-corrected chi connectivity index (χ1v) is 11.3. The molecule has 1 amide bonds. The normalized spacial score (nSPS) is 22.8. The summed E-state index contributed by atoms with van der Waals surface area (Å²) in [7, 11) is 6.99. The molecule has 0 radical (unpaired) electrons. The first kappa shape index (κ1) is 24.8. The number of carbonyl (C=O) groups excluding carboxylic acids is 1. The summed E-state index contributed by atoms with van der Waals surface area (Å²) in [5.41, 5.74) is 1.97. The van der Waals surface area contributed by atoms with Crippen LogP contribution in [0.5, 0.6) is 5.75 Å². The third kappa shape index (κ3) is 4.91. The molecule has 5 unspecified atom stereocenters. The lowest BCUT2D eigenvalue weighted by Crippen LogP contribution is -2.54. The smallest absolute Gasteiger partial charge is 0.237 e. The summed E-state index contributed by atoms with van der Waals surface area (Å²) in [6.45, 7) is -0.383. The molecule has 5 atom stereocenters. The Morgan fingerprint density at radius 3 is 2.63 bits per heavy atom. The van der Waals surface area contributed by atoms with Gasteiger partial charge < -0.3 is 35.2 Å². The van der Waals surface area contributed by atoms with E-state index in [9.17, 15) is 15.0 Å². The quantitative estimate of drug-likeness (QED) is 0.312. The molecule has 2 aromatic heterocycles. The number of nitrogens with one attached hydrogen (secondary N) is 2. The minimum atomic E-state index is -1.15. The molecule has 1 aliphatic heterocycles. The van der Waals surface area contributed by atoms with E-state index >= 15 is 0 Å². The van der Waals surface area contributed by atoms with Gasteiger partial charge in [0.2, 0.25) is 5.91 Å². The number of imidazole rings is 1. The monoisotopic (exact) mass is 485 g/mol. The van der Waals surface area contributed by atoms with Gasteiger partial charge in [-0.05, 0) is 31.2 Å². The number of amides is 1. The Morgan fingerprint density at radius 1 is 1.26 bits per heavy atom. The van der Waals surface area contributed by atoms with Crippen LogP contribution >= 0.6 is 0 Å². The summed E-state index contributed by atoms with van der Waals surface area (Å²) in [5.74, 6) is 1.04. The molecule has 3 heterocycles. The average Bonchev–Trinajstić information content (AvgIpc) is 3.43. The highest BCUT2D eigenvalue weighted by Crippen LogP contribution is 2.32. The number of ether oxygens (including phenoxy) is 2. The molecule has 188 valence electrons. The Kier molecular flexibility index (Phi) is 7.45. The number of hydrogen-bond acceptors (Lipinski definition) is 10. The van der Waals surface area contributed by atoms with Gasteiger partial charge in [0, 0.05) is 14.1 Å². The molecule has 35 heavy (non-hydrogen) atoms. The van der Waals surface area contributed by atoms with Gasteiger partial charge in [-0.2, -0.15) is 0 Å². The van der Waals surface area contributed by atoms with Crippen molar-refractivity contribution in [2.45, 2.75) is 36.9 Å². The van der Waals surface area contributed by atoms with Crippen LogP contribution in [-0.2, 0) is 16.0 Å². The van der Waals surface area contributed by atoms with Crippen LogP contribution in [0.15, 0.2) is 36.9 Å². The third-order valence-electron chi connectivity index (χ3n) is 6.16. The van der Waals surface area contributed by atoms with Crippen LogP contribution < -0.4 is 20.3 Å². The van der Waals surface area contributed by atoms with Crippen molar-refractivity contribution >= 4 is 22.9 Å². The van der Waals surface area contributed by atoms with Crippen LogP contribution in [0.25, 0.3) is 11.2 Å². The van der Waals surface area contributed by atoms with E-state index < -0.39 is 30.5 Å². The minimum Gasteiger partial charge on any atom is -0.497 e. The molecular weight excluding hydrogens is 454 g/mol. The molecule has 12 nitrogen and oxygen atoms in total. The first-order valence-electron chi connectivity index (χ1n) is 11.3. The molecule has 0 spiro atoms. The number of hydrogen-bond donors (Lipinski definition) is 4. The molecule has 1 saturated heterocycles. The van der Waals surface area contributed by atoms with E-state index in [1.54, 1.807) is 18.7 Å². The number of aromatic nitrogens is 4. The Morgan fingerprint density at radius 2 is 2.00 bits per heavy atom. The molecule has 1 aliphatic rings. The first-order chi connectivity index (χ1) is 16.9. The number of carbonyl (C=O) groups is 1. The van der Waals surface area contributed by atoms with Crippen LogP contribution in [-0.4, -0.2) is 94.8 Å². The number of rotatable bonds is 9. The van der Waals surface area contributed by atoms with Crippen LogP contribution in [0.2, 0.25) is 0 Å². The number of benzene rings is 1. The number of methoxy groups -OCH3 is 1. The highest BCUT2D eigenvalue weighted by molar-refractivity contribution is 5.83. The van der Waals surface area contributed by atoms with Gasteiger partial charge in [0.1, 0.15) is 24.3 Å². The van der Waals surface area contributed by atoms with Crippen molar-refractivity contribution < 1.29 is 24.5 Å². The van der Waals surface area contributed by atoms with E-state index in [1.807, 2.05) is 43.3 Å². The minimum absolute atomic E-state index is 0.317. The Balaban J connectivity index is 1.51. The zero-order chi connectivity index (χ0) is 25.1. The van der Waals surface area contributed by atoms with Crippen LogP contribution in [0.3, 0.4) is 0 Å². The number of aliphatic hydroxyl groups is 2. The molecule has 12 heteroatoms. The van der Waals surface area contributed by atoms with Crippen molar-refractivity contribution in [3.05, 3.63) is 42.5 Å². The number of anilines is 1. The van der Waals surface area contributed by atoms with Crippen molar-refractivity contribution in [2.75, 3.05) is 39.8 Å². The number of likely N-dealkylation sites (N-methyl/N-ethyl adjacent to an activating group) is 1. The molecule has 4 N–H and O–H groups in total. The fourth-order valence-electron chi connectivity index (χ4n) is 4.25. The molecule has 0 bridgehead atoms. The second kappa shape index (κ2) is 10.5. The van der Waals surface area contributed by atoms with Gasteiger partial charge in [-0.15, -0.1) is 0 Å². The van der Waals surface area contributed by atoms with Gasteiger partial charge in [0.05, 0.1) is 32.1 Å². The maximum atomic E-state index is 13.1. The van der Waals surface area contributed by atoms with Crippen LogP contribution in [0, 0.1) is 0 Å². The van der Waals surface area contributed by atoms with Gasteiger partial charge in [0.25, 0.3) is 0 Å². The lowest BCUT2D eigenvalue weighted by Gasteiger charge is -2.24. The molecule has 3 aromatic rings. The SMILES string of the molecule is CNC(Cc1ccc(OC)cc1)C(=O)NC1C(CO)OC(n2cnc3c(N(C)C)ncnc32)C1O. The van der Waals surface area contributed by atoms with Crippen molar-refractivity contribution in [1.82, 2.24) is 30.2 Å². The summed E-state index contributed by atoms with van der Waals surface area (Å²) in [5, 5.41) is 26.9. The van der Waals surface area contributed by atoms with Gasteiger partial charge >= 0.3 is 0 Å². The van der Waals surface area contributed by atoms with E-state index in [-0.39, 0.29) is 12.5 Å². The van der Waals surface area contributed by atoms with Crippen molar-refractivity contribution in [3.8, 4) is 5.75 Å². The fraction of sp³-hybridized carbons (Fsp3) is 0.478. The number of nitrogens with zero attached hydrogens (tertiary/aromatic N) is 5. The lowest BCUT2D eigenvalue weighted by molar-refractivity contribution is -0.124. The third-order valence-corrected chi connectivity index (χ3v) is 6.16. The molecule has 1 fully saturated rings. The maximum absolute atomic E-state index is 13.1. The van der Waals surface area contributed by atoms with Gasteiger partial charge in [0.15, 0.2) is 23.2 Å². The van der Waals surface area contributed by atoms with E-state index in [1.165, 1.54) is 12.7 Å².